The van der Waals surface area contributed by atoms with Crippen LogP contribution in [-0.4, -0.2) is 38.8 Å². The maximum Gasteiger partial charge on any atom is 0.516 e. The summed E-state index contributed by atoms with van der Waals surface area (Å²) in [6.45, 7) is 8.34. The molecule has 1 heterocycles. The van der Waals surface area contributed by atoms with Crippen molar-refractivity contribution in [1.82, 2.24) is 0 Å². The molecule has 0 unspecified atom stereocenters. The molecule has 0 saturated carbocycles. The molecule has 11 heteroatoms. The smallest absolute Gasteiger partial charge is 0.399 e. The van der Waals surface area contributed by atoms with Crippen molar-refractivity contribution in [2.75, 3.05) is 10.8 Å². The molecule has 1 aliphatic heterocycles. The summed E-state index contributed by atoms with van der Waals surface area (Å²) in [5.74, 6) is 0. The molecule has 2 rings (SSSR count). The zero-order valence-corrected chi connectivity index (χ0v) is 17.4. The Hall–Kier alpha value is -0.775. The molecule has 5 nitrogen and oxygen atoms in total. The predicted octanol–water partition coefficient (Wildman–Crippen LogP) is 3.42. The summed E-state index contributed by atoms with van der Waals surface area (Å²) in [7, 11) is -6.35. The molecule has 1 saturated heterocycles. The molecule has 0 amide bonds. The first-order valence-corrected chi connectivity index (χ1v) is 10.1. The third-order valence-corrected chi connectivity index (χ3v) is 7.00. The lowest BCUT2D eigenvalue weighted by Crippen LogP contribution is -2.42. The van der Waals surface area contributed by atoms with Crippen molar-refractivity contribution in [3.63, 3.8) is 0 Å². The lowest BCUT2D eigenvalue weighted by Gasteiger charge is -2.32. The Bertz CT molecular complexity index is 783. The maximum atomic E-state index is 13.0. The van der Waals surface area contributed by atoms with Gasteiger partial charge in [-0.05, 0) is 58.3 Å². The highest BCUT2D eigenvalue weighted by atomic mass is 79.9. The van der Waals surface area contributed by atoms with E-state index < -0.39 is 33.9 Å². The summed E-state index contributed by atoms with van der Waals surface area (Å²) in [4.78, 5) is 0. The summed E-state index contributed by atoms with van der Waals surface area (Å²) in [6, 6.07) is 4.11. The minimum Gasteiger partial charge on any atom is -0.399 e. The zero-order chi connectivity index (χ0) is 20.1. The summed E-state index contributed by atoms with van der Waals surface area (Å²) in [5.41, 5.74) is -6.37. The van der Waals surface area contributed by atoms with Gasteiger partial charge in [0.05, 0.1) is 16.9 Å². The number of hydrogen-bond acceptors (Lipinski definition) is 4. The van der Waals surface area contributed by atoms with Crippen LogP contribution < -0.4 is 9.77 Å². The van der Waals surface area contributed by atoms with Gasteiger partial charge in [-0.25, -0.2) is 0 Å². The first-order valence-electron chi connectivity index (χ1n) is 7.88. The SMILES string of the molecule is CCN(c1ccc(Br)c(B2OC(C)(C)C(C)(C)O2)c1)S(=O)(=O)C(F)(F)F. The first kappa shape index (κ1) is 21.5. The molecular weight excluding hydrogens is 438 g/mol. The monoisotopic (exact) mass is 457 g/mol. The lowest BCUT2D eigenvalue weighted by molar-refractivity contribution is -0.0438. The normalized spacial score (nSPS) is 19.7. The summed E-state index contributed by atoms with van der Waals surface area (Å²) >= 11 is 3.33. The van der Waals surface area contributed by atoms with Gasteiger partial charge in [-0.3, -0.25) is 4.31 Å². The second-order valence-electron chi connectivity index (χ2n) is 6.91. The van der Waals surface area contributed by atoms with Gasteiger partial charge in [-0.15, -0.1) is 0 Å². The van der Waals surface area contributed by atoms with E-state index in [1.165, 1.54) is 25.1 Å². The van der Waals surface area contributed by atoms with E-state index in [9.17, 15) is 21.6 Å². The van der Waals surface area contributed by atoms with Crippen LogP contribution in [0.2, 0.25) is 0 Å². The average Bonchev–Trinajstić information content (AvgIpc) is 2.68. The molecule has 146 valence electrons. The van der Waals surface area contributed by atoms with E-state index in [1.807, 2.05) is 27.7 Å². The van der Waals surface area contributed by atoms with Crippen molar-refractivity contribution in [3.05, 3.63) is 22.7 Å². The highest BCUT2D eigenvalue weighted by molar-refractivity contribution is 9.10. The molecular formula is C15H20BBrF3NO4S. The Kier molecular flexibility index (Phi) is 5.53. The standard InChI is InChI=1S/C15H20BBrF3NO4S/c1-6-21(26(22,23)15(18,19)20)10-7-8-12(17)11(9-10)16-24-13(2,3)14(4,5)25-16/h7-9H,6H2,1-5H3. The molecule has 1 aliphatic rings. The number of alkyl halides is 3. The van der Waals surface area contributed by atoms with Crippen LogP contribution >= 0.6 is 15.9 Å². The molecule has 0 atom stereocenters. The highest BCUT2D eigenvalue weighted by Gasteiger charge is 2.53. The Morgan fingerprint density at radius 2 is 1.65 bits per heavy atom. The van der Waals surface area contributed by atoms with Crippen molar-refractivity contribution in [2.24, 2.45) is 0 Å². The van der Waals surface area contributed by atoms with Gasteiger partial charge in [-0.1, -0.05) is 15.9 Å². The Morgan fingerprint density at radius 1 is 1.15 bits per heavy atom. The van der Waals surface area contributed by atoms with E-state index in [2.05, 4.69) is 15.9 Å². The Morgan fingerprint density at radius 3 is 2.08 bits per heavy atom. The van der Waals surface area contributed by atoms with E-state index in [0.717, 1.165) is 0 Å². The topological polar surface area (TPSA) is 55.8 Å². The third-order valence-electron chi connectivity index (χ3n) is 4.64. The van der Waals surface area contributed by atoms with Crippen LogP contribution in [0.4, 0.5) is 18.9 Å². The predicted molar refractivity (Wildman–Crippen MR) is 97.9 cm³/mol. The second-order valence-corrected chi connectivity index (χ2v) is 9.62. The number of anilines is 1. The Balaban J connectivity index is 2.48. The minimum absolute atomic E-state index is 0.113. The molecule has 26 heavy (non-hydrogen) atoms. The van der Waals surface area contributed by atoms with Crippen LogP contribution in [0.25, 0.3) is 0 Å². The second kappa shape index (κ2) is 6.68. The van der Waals surface area contributed by atoms with E-state index in [0.29, 0.717) is 14.2 Å². The quantitative estimate of drug-likeness (QED) is 0.650. The van der Waals surface area contributed by atoms with Crippen molar-refractivity contribution in [3.8, 4) is 0 Å². The van der Waals surface area contributed by atoms with Crippen molar-refractivity contribution < 1.29 is 30.9 Å². The van der Waals surface area contributed by atoms with Crippen LogP contribution in [0.3, 0.4) is 0 Å². The number of hydrogen-bond donors (Lipinski definition) is 0. The molecule has 1 aromatic rings. The third kappa shape index (κ3) is 3.63. The molecule has 0 aromatic heterocycles. The summed E-state index contributed by atoms with van der Waals surface area (Å²) < 4.78 is 75.2. The number of rotatable bonds is 4. The van der Waals surface area contributed by atoms with Crippen LogP contribution in [-0.2, 0) is 19.3 Å². The van der Waals surface area contributed by atoms with Crippen LogP contribution in [0.15, 0.2) is 22.7 Å². The fraction of sp³-hybridized carbons (Fsp3) is 0.600. The molecule has 0 bridgehead atoms. The molecule has 1 fully saturated rings. The van der Waals surface area contributed by atoms with E-state index in [1.54, 1.807) is 0 Å². The summed E-state index contributed by atoms with van der Waals surface area (Å²) in [6.07, 6.45) is 0. The zero-order valence-electron chi connectivity index (χ0n) is 15.0. The minimum atomic E-state index is -5.50. The highest BCUT2D eigenvalue weighted by Crippen LogP contribution is 2.38. The molecule has 0 radical (unpaired) electrons. The molecule has 0 N–H and O–H groups in total. The van der Waals surface area contributed by atoms with Gasteiger partial charge in [0.2, 0.25) is 0 Å². The lowest BCUT2D eigenvalue weighted by atomic mass is 9.79. The van der Waals surface area contributed by atoms with Gasteiger partial charge in [0.15, 0.2) is 0 Å². The maximum absolute atomic E-state index is 13.0. The van der Waals surface area contributed by atoms with Gasteiger partial charge in [0, 0.05) is 11.0 Å². The fourth-order valence-corrected chi connectivity index (χ4v) is 3.87. The van der Waals surface area contributed by atoms with Gasteiger partial charge >= 0.3 is 22.7 Å². The van der Waals surface area contributed by atoms with Crippen molar-refractivity contribution in [1.29, 1.82) is 0 Å². The molecule has 0 spiro atoms. The van der Waals surface area contributed by atoms with Crippen LogP contribution in [0, 0.1) is 0 Å². The van der Waals surface area contributed by atoms with Gasteiger partial charge < -0.3 is 9.31 Å². The number of halogens is 4. The fourth-order valence-electron chi connectivity index (χ4n) is 2.45. The van der Waals surface area contributed by atoms with Gasteiger partial charge in [-0.2, -0.15) is 21.6 Å². The van der Waals surface area contributed by atoms with Gasteiger partial charge in [0.1, 0.15) is 0 Å². The largest absolute Gasteiger partial charge is 0.516 e. The molecule has 0 aliphatic carbocycles. The van der Waals surface area contributed by atoms with E-state index >= 15 is 0 Å². The average molecular weight is 458 g/mol. The van der Waals surface area contributed by atoms with Gasteiger partial charge in [0.25, 0.3) is 0 Å². The van der Waals surface area contributed by atoms with Crippen molar-refractivity contribution in [2.45, 2.75) is 51.3 Å². The molecule has 1 aromatic carbocycles. The van der Waals surface area contributed by atoms with E-state index in [-0.39, 0.29) is 12.2 Å². The number of sulfonamides is 1. The summed E-state index contributed by atoms with van der Waals surface area (Å²) in [5, 5.41) is 0. The van der Waals surface area contributed by atoms with E-state index in [4.69, 9.17) is 9.31 Å². The Labute approximate surface area is 160 Å². The van der Waals surface area contributed by atoms with Crippen LogP contribution in [0.1, 0.15) is 34.6 Å². The number of nitrogens with zero attached hydrogens (tertiary/aromatic N) is 1. The number of benzene rings is 1. The first-order chi connectivity index (χ1) is 11.6. The van der Waals surface area contributed by atoms with Crippen molar-refractivity contribution >= 4 is 44.2 Å². The van der Waals surface area contributed by atoms with Crippen LogP contribution in [0.5, 0.6) is 0 Å².